The Kier molecular flexibility index (Phi) is 4.19. The third-order valence-corrected chi connectivity index (χ3v) is 3.22. The molecule has 110 valence electrons. The van der Waals surface area contributed by atoms with Crippen molar-refractivity contribution in [2.45, 2.75) is 31.0 Å². The van der Waals surface area contributed by atoms with E-state index in [2.05, 4.69) is 11.6 Å². The fraction of sp³-hybridized carbons (Fsp3) is 0.500. The number of hydrogen-bond donors (Lipinski definition) is 4. The Bertz CT molecular complexity index is 559. The number of nitrogens with two attached hydrogens (primary N) is 1. The standard InChI is InChI=1S/C12H17N3O5/c1-2-3-6-4-15(12(19)14-10(6)13)11-9(18)8(17)7(5-16)20-11/h2,4,7-9,11,16-18H,1,3,5H2,(H2,13,14,19)/t7-,8?,9?,11-/m1/s1. The van der Waals surface area contributed by atoms with Crippen molar-refractivity contribution in [3.8, 4) is 0 Å². The van der Waals surface area contributed by atoms with Crippen LogP contribution < -0.4 is 11.4 Å². The van der Waals surface area contributed by atoms with Crippen molar-refractivity contribution in [2.24, 2.45) is 0 Å². The van der Waals surface area contributed by atoms with Crippen LogP contribution in [0.15, 0.2) is 23.6 Å². The number of nitrogens with zero attached hydrogens (tertiary/aromatic N) is 2. The maximum Gasteiger partial charge on any atom is 0.351 e. The van der Waals surface area contributed by atoms with E-state index in [0.29, 0.717) is 12.0 Å². The number of hydrogen-bond acceptors (Lipinski definition) is 7. The number of rotatable bonds is 4. The van der Waals surface area contributed by atoms with Crippen LogP contribution in [0.2, 0.25) is 0 Å². The van der Waals surface area contributed by atoms with E-state index < -0.39 is 36.8 Å². The van der Waals surface area contributed by atoms with Crippen molar-refractivity contribution in [1.82, 2.24) is 9.55 Å². The number of ether oxygens (including phenoxy) is 1. The van der Waals surface area contributed by atoms with Crippen LogP contribution in [-0.2, 0) is 11.2 Å². The molecule has 2 heterocycles. The normalized spacial score (nSPS) is 29.6. The fourth-order valence-corrected chi connectivity index (χ4v) is 2.13. The summed E-state index contributed by atoms with van der Waals surface area (Å²) in [7, 11) is 0. The number of aliphatic hydroxyl groups is 3. The summed E-state index contributed by atoms with van der Waals surface area (Å²) in [5.41, 5.74) is 5.48. The molecule has 1 saturated heterocycles. The lowest BCUT2D eigenvalue weighted by molar-refractivity contribution is -0.0550. The highest BCUT2D eigenvalue weighted by atomic mass is 16.6. The Morgan fingerprint density at radius 3 is 2.75 bits per heavy atom. The van der Waals surface area contributed by atoms with Crippen LogP contribution in [0.4, 0.5) is 5.82 Å². The molecule has 0 bridgehead atoms. The van der Waals surface area contributed by atoms with Gasteiger partial charge in [-0.2, -0.15) is 4.98 Å². The zero-order valence-corrected chi connectivity index (χ0v) is 10.7. The van der Waals surface area contributed by atoms with Gasteiger partial charge in [-0.05, 0) is 6.42 Å². The van der Waals surface area contributed by atoms with Gasteiger partial charge in [-0.3, -0.25) is 4.57 Å². The van der Waals surface area contributed by atoms with Crippen LogP contribution in [0.1, 0.15) is 11.8 Å². The molecule has 0 radical (unpaired) electrons. The van der Waals surface area contributed by atoms with Gasteiger partial charge in [0.05, 0.1) is 6.61 Å². The van der Waals surface area contributed by atoms with Crippen LogP contribution in [0.3, 0.4) is 0 Å². The maximum atomic E-state index is 11.8. The second-order valence-electron chi connectivity index (χ2n) is 4.56. The lowest BCUT2D eigenvalue weighted by atomic mass is 10.1. The topological polar surface area (TPSA) is 131 Å². The van der Waals surface area contributed by atoms with Gasteiger partial charge in [0.1, 0.15) is 24.1 Å². The van der Waals surface area contributed by atoms with Crippen LogP contribution in [0.25, 0.3) is 0 Å². The Morgan fingerprint density at radius 2 is 2.20 bits per heavy atom. The van der Waals surface area contributed by atoms with Gasteiger partial charge in [-0.1, -0.05) is 6.08 Å². The third kappa shape index (κ3) is 2.46. The summed E-state index contributed by atoms with van der Waals surface area (Å²) < 4.78 is 6.34. The average Bonchev–Trinajstić information content (AvgIpc) is 2.70. The molecule has 1 aliphatic heterocycles. The minimum atomic E-state index is -1.34. The van der Waals surface area contributed by atoms with E-state index >= 15 is 0 Å². The smallest absolute Gasteiger partial charge is 0.351 e. The molecule has 8 heteroatoms. The van der Waals surface area contributed by atoms with Crippen LogP contribution in [-0.4, -0.2) is 49.8 Å². The van der Waals surface area contributed by atoms with Crippen molar-refractivity contribution in [3.05, 3.63) is 34.9 Å². The number of aliphatic hydroxyl groups excluding tert-OH is 3. The van der Waals surface area contributed by atoms with Gasteiger partial charge in [0.15, 0.2) is 6.23 Å². The summed E-state index contributed by atoms with van der Waals surface area (Å²) in [6.45, 7) is 3.11. The molecule has 2 unspecified atom stereocenters. The summed E-state index contributed by atoms with van der Waals surface area (Å²) in [4.78, 5) is 15.5. The first-order chi connectivity index (χ1) is 9.49. The van der Waals surface area contributed by atoms with Gasteiger partial charge in [0, 0.05) is 11.8 Å². The predicted octanol–water partition coefficient (Wildman–Crippen LogP) is -1.83. The van der Waals surface area contributed by atoms with E-state index in [0.717, 1.165) is 4.57 Å². The van der Waals surface area contributed by atoms with E-state index in [9.17, 15) is 15.0 Å². The first-order valence-corrected chi connectivity index (χ1v) is 6.10. The van der Waals surface area contributed by atoms with Crippen molar-refractivity contribution in [3.63, 3.8) is 0 Å². The summed E-state index contributed by atoms with van der Waals surface area (Å²) in [6.07, 6.45) is -1.29. The molecule has 0 aliphatic carbocycles. The van der Waals surface area contributed by atoms with E-state index in [1.165, 1.54) is 6.20 Å². The molecule has 0 amide bonds. The molecule has 2 rings (SSSR count). The molecule has 1 aromatic rings. The van der Waals surface area contributed by atoms with Crippen molar-refractivity contribution in [1.29, 1.82) is 0 Å². The molecule has 20 heavy (non-hydrogen) atoms. The summed E-state index contributed by atoms with van der Waals surface area (Å²) in [6, 6.07) is 0. The summed E-state index contributed by atoms with van der Waals surface area (Å²) in [5.74, 6) is 0.0814. The monoisotopic (exact) mass is 283 g/mol. The molecule has 0 spiro atoms. The molecule has 4 atom stereocenters. The van der Waals surface area contributed by atoms with Crippen LogP contribution >= 0.6 is 0 Å². The fourth-order valence-electron chi connectivity index (χ4n) is 2.13. The largest absolute Gasteiger partial charge is 0.394 e. The van der Waals surface area contributed by atoms with Crippen LogP contribution in [0, 0.1) is 0 Å². The van der Waals surface area contributed by atoms with E-state index in [-0.39, 0.29) is 5.82 Å². The highest BCUT2D eigenvalue weighted by Crippen LogP contribution is 2.28. The first kappa shape index (κ1) is 14.7. The molecule has 1 aromatic heterocycles. The molecule has 0 aromatic carbocycles. The summed E-state index contributed by atoms with van der Waals surface area (Å²) in [5, 5.41) is 28.6. The number of aromatic nitrogens is 2. The Balaban J connectivity index is 2.40. The SMILES string of the molecule is C=CCc1cn([C@@H]2O[C@H](CO)C(O)C2O)c(=O)nc1N. The van der Waals surface area contributed by atoms with Gasteiger partial charge >= 0.3 is 5.69 Å². The molecule has 1 fully saturated rings. The van der Waals surface area contributed by atoms with Gasteiger partial charge in [0.2, 0.25) is 0 Å². The predicted molar refractivity (Wildman–Crippen MR) is 69.8 cm³/mol. The van der Waals surface area contributed by atoms with Gasteiger partial charge in [-0.25, -0.2) is 4.79 Å². The highest BCUT2D eigenvalue weighted by molar-refractivity contribution is 5.38. The number of anilines is 1. The van der Waals surface area contributed by atoms with Gasteiger partial charge < -0.3 is 25.8 Å². The molecular weight excluding hydrogens is 266 g/mol. The second-order valence-corrected chi connectivity index (χ2v) is 4.56. The van der Waals surface area contributed by atoms with Crippen molar-refractivity contribution in [2.75, 3.05) is 12.3 Å². The Hall–Kier alpha value is -1.74. The van der Waals surface area contributed by atoms with Crippen molar-refractivity contribution < 1.29 is 20.1 Å². The quantitative estimate of drug-likeness (QED) is 0.478. The van der Waals surface area contributed by atoms with E-state index in [1.54, 1.807) is 6.08 Å². The number of nitrogen functional groups attached to an aromatic ring is 1. The lowest BCUT2D eigenvalue weighted by Crippen LogP contribution is -2.36. The molecule has 8 nitrogen and oxygen atoms in total. The molecular formula is C12H17N3O5. The first-order valence-electron chi connectivity index (χ1n) is 6.10. The summed E-state index contributed by atoms with van der Waals surface area (Å²) >= 11 is 0. The highest BCUT2D eigenvalue weighted by Gasteiger charge is 2.43. The third-order valence-electron chi connectivity index (χ3n) is 3.22. The van der Waals surface area contributed by atoms with Crippen LogP contribution in [0.5, 0.6) is 0 Å². The van der Waals surface area contributed by atoms with E-state index in [4.69, 9.17) is 15.6 Å². The number of allylic oxidation sites excluding steroid dienone is 1. The average molecular weight is 283 g/mol. The zero-order valence-electron chi connectivity index (χ0n) is 10.7. The Labute approximate surface area is 114 Å². The molecule has 0 saturated carbocycles. The molecule has 5 N–H and O–H groups in total. The Morgan fingerprint density at radius 1 is 1.50 bits per heavy atom. The lowest BCUT2D eigenvalue weighted by Gasteiger charge is -2.18. The minimum absolute atomic E-state index is 0.0814. The molecule has 1 aliphatic rings. The van der Waals surface area contributed by atoms with Gasteiger partial charge in [0.25, 0.3) is 0 Å². The zero-order chi connectivity index (χ0) is 14.9. The van der Waals surface area contributed by atoms with E-state index in [1.807, 2.05) is 0 Å². The maximum absolute atomic E-state index is 11.8. The minimum Gasteiger partial charge on any atom is -0.394 e. The van der Waals surface area contributed by atoms with Crippen molar-refractivity contribution >= 4 is 5.82 Å². The second kappa shape index (κ2) is 5.71. The van der Waals surface area contributed by atoms with Gasteiger partial charge in [-0.15, -0.1) is 6.58 Å².